The first-order valence-electron chi connectivity index (χ1n) is 8.70. The molecule has 0 unspecified atom stereocenters. The largest absolute Gasteiger partial charge is 0.468 e. The Labute approximate surface area is 140 Å². The van der Waals surface area contributed by atoms with Gasteiger partial charge in [-0.3, -0.25) is 14.4 Å². The van der Waals surface area contributed by atoms with Crippen LogP contribution in [0.15, 0.2) is 0 Å². The number of esters is 1. The zero-order valence-corrected chi connectivity index (χ0v) is 15.6. The van der Waals surface area contributed by atoms with Crippen LogP contribution in [0.3, 0.4) is 0 Å². The van der Waals surface area contributed by atoms with Crippen molar-refractivity contribution >= 4 is 17.8 Å². The summed E-state index contributed by atoms with van der Waals surface area (Å²) in [6, 6.07) is 0. The highest BCUT2D eigenvalue weighted by Crippen LogP contribution is 2.28. The molecule has 6 heteroatoms. The maximum Gasteiger partial charge on any atom is 0.325 e. The van der Waals surface area contributed by atoms with Crippen LogP contribution in [-0.4, -0.2) is 37.0 Å². The second kappa shape index (κ2) is 14.0. The van der Waals surface area contributed by atoms with Gasteiger partial charge in [-0.2, -0.15) is 0 Å². The second-order valence-electron chi connectivity index (χ2n) is 4.80. The monoisotopic (exact) mass is 330 g/mol. The van der Waals surface area contributed by atoms with Crippen LogP contribution in [0.4, 0.5) is 0 Å². The fourth-order valence-corrected chi connectivity index (χ4v) is 2.31. The van der Waals surface area contributed by atoms with Gasteiger partial charge in [-0.25, -0.2) is 0 Å². The van der Waals surface area contributed by atoms with Crippen LogP contribution in [0.25, 0.3) is 0 Å². The van der Waals surface area contributed by atoms with Gasteiger partial charge in [0.1, 0.15) is 12.1 Å². The van der Waals surface area contributed by atoms with E-state index in [1.807, 2.05) is 27.7 Å². The van der Waals surface area contributed by atoms with Crippen molar-refractivity contribution in [3.05, 3.63) is 0 Å². The molecule has 1 aliphatic carbocycles. The number of nitrogens with one attached hydrogen (secondary N) is 2. The molecule has 0 bridgehead atoms. The van der Waals surface area contributed by atoms with Crippen molar-refractivity contribution in [1.82, 2.24) is 10.6 Å². The summed E-state index contributed by atoms with van der Waals surface area (Å²) < 4.78 is 4.48. The number of ether oxygens (including phenoxy) is 1. The minimum atomic E-state index is -0.862. The van der Waals surface area contributed by atoms with Gasteiger partial charge in [0.15, 0.2) is 0 Å². The predicted molar refractivity (Wildman–Crippen MR) is 92.0 cm³/mol. The molecule has 0 aliphatic heterocycles. The molecule has 1 rings (SSSR count). The van der Waals surface area contributed by atoms with Gasteiger partial charge in [0.05, 0.1) is 7.11 Å². The molecule has 0 saturated heterocycles. The predicted octanol–water partition coefficient (Wildman–Crippen LogP) is 2.56. The molecule has 2 N–H and O–H groups in total. The van der Waals surface area contributed by atoms with Gasteiger partial charge >= 0.3 is 5.97 Å². The van der Waals surface area contributed by atoms with Gasteiger partial charge < -0.3 is 15.4 Å². The lowest BCUT2D eigenvalue weighted by Crippen LogP contribution is -2.60. The summed E-state index contributed by atoms with van der Waals surface area (Å²) in [4.78, 5) is 34.9. The summed E-state index contributed by atoms with van der Waals surface area (Å²) in [6.07, 6.45) is 4.43. The number of amides is 2. The molecule has 136 valence electrons. The number of methoxy groups -OCH3 is 1. The van der Waals surface area contributed by atoms with Crippen molar-refractivity contribution in [1.29, 1.82) is 0 Å². The van der Waals surface area contributed by atoms with Crippen LogP contribution in [0.1, 0.15) is 73.1 Å². The van der Waals surface area contributed by atoms with Crippen LogP contribution >= 0.6 is 0 Å². The Bertz CT molecular complexity index is 351. The molecule has 0 atom stereocenters. The smallest absolute Gasteiger partial charge is 0.325 e. The molecule has 0 aromatic rings. The average Bonchev–Trinajstić information content (AvgIpc) is 2.63. The fourth-order valence-electron chi connectivity index (χ4n) is 2.31. The Balaban J connectivity index is 0. The highest BCUT2D eigenvalue weighted by molar-refractivity contribution is 5.93. The van der Waals surface area contributed by atoms with E-state index in [0.29, 0.717) is 19.3 Å². The van der Waals surface area contributed by atoms with Crippen LogP contribution in [0, 0.1) is 0 Å². The summed E-state index contributed by atoms with van der Waals surface area (Å²) in [6.45, 7) is 9.58. The molecule has 2 amide bonds. The molecule has 0 aromatic carbocycles. The minimum Gasteiger partial charge on any atom is -0.468 e. The van der Waals surface area contributed by atoms with E-state index < -0.39 is 11.5 Å². The zero-order valence-electron chi connectivity index (χ0n) is 15.6. The van der Waals surface area contributed by atoms with Crippen molar-refractivity contribution in [3.63, 3.8) is 0 Å². The average molecular weight is 330 g/mol. The SMILES string of the molecule is CC.CC.CCC(=O)NC1(C(=O)NCC(=O)OC)CCCCC1. The van der Waals surface area contributed by atoms with E-state index in [4.69, 9.17) is 0 Å². The van der Waals surface area contributed by atoms with E-state index in [1.54, 1.807) is 6.92 Å². The van der Waals surface area contributed by atoms with Crippen molar-refractivity contribution < 1.29 is 19.1 Å². The highest BCUT2D eigenvalue weighted by atomic mass is 16.5. The van der Waals surface area contributed by atoms with Gasteiger partial charge in [0.2, 0.25) is 11.8 Å². The van der Waals surface area contributed by atoms with Gasteiger partial charge in [-0.15, -0.1) is 0 Å². The summed E-state index contributed by atoms with van der Waals surface area (Å²) in [5, 5.41) is 5.37. The molecule has 1 aliphatic rings. The Kier molecular flexibility index (Phi) is 14.4. The first-order chi connectivity index (χ1) is 11.0. The van der Waals surface area contributed by atoms with Crippen molar-refractivity contribution in [2.24, 2.45) is 0 Å². The van der Waals surface area contributed by atoms with Crippen molar-refractivity contribution in [2.45, 2.75) is 78.7 Å². The number of carbonyl (C=O) groups is 3. The Morgan fingerprint density at radius 3 is 1.96 bits per heavy atom. The van der Waals surface area contributed by atoms with E-state index in [9.17, 15) is 14.4 Å². The zero-order chi connectivity index (χ0) is 18.3. The molecular weight excluding hydrogens is 296 g/mol. The third kappa shape index (κ3) is 8.57. The Morgan fingerprint density at radius 1 is 1.00 bits per heavy atom. The summed E-state index contributed by atoms with van der Waals surface area (Å²) in [5.74, 6) is -0.935. The molecule has 0 aromatic heterocycles. The topological polar surface area (TPSA) is 84.5 Å². The van der Waals surface area contributed by atoms with Crippen LogP contribution < -0.4 is 10.6 Å². The van der Waals surface area contributed by atoms with E-state index in [2.05, 4.69) is 15.4 Å². The second-order valence-corrected chi connectivity index (χ2v) is 4.80. The Hall–Kier alpha value is -1.59. The molecule has 1 fully saturated rings. The first-order valence-corrected chi connectivity index (χ1v) is 8.70. The van der Waals surface area contributed by atoms with Gasteiger partial charge in [0.25, 0.3) is 0 Å². The third-order valence-corrected chi connectivity index (χ3v) is 3.46. The first kappa shape index (κ1) is 23.7. The van der Waals surface area contributed by atoms with Crippen molar-refractivity contribution in [2.75, 3.05) is 13.7 Å². The van der Waals surface area contributed by atoms with Crippen LogP contribution in [0.5, 0.6) is 0 Å². The number of carbonyl (C=O) groups excluding carboxylic acids is 3. The number of rotatable bonds is 5. The van der Waals surface area contributed by atoms with Crippen LogP contribution in [-0.2, 0) is 19.1 Å². The maximum absolute atomic E-state index is 12.3. The molecule has 0 radical (unpaired) electrons. The standard InChI is InChI=1S/C13H22N2O4.2C2H6/c1-3-10(16)15-13(7-5-4-6-8-13)12(18)14-9-11(17)19-2;2*1-2/h3-9H2,1-2H3,(H,14,18)(H,15,16);2*1-2H3. The normalized spacial score (nSPS) is 14.9. The lowest BCUT2D eigenvalue weighted by molar-refractivity contribution is -0.142. The molecule has 23 heavy (non-hydrogen) atoms. The molecule has 0 heterocycles. The highest BCUT2D eigenvalue weighted by Gasteiger charge is 2.40. The summed E-state index contributed by atoms with van der Waals surface area (Å²) in [5.41, 5.74) is -0.862. The van der Waals surface area contributed by atoms with E-state index in [1.165, 1.54) is 7.11 Å². The summed E-state index contributed by atoms with van der Waals surface area (Å²) >= 11 is 0. The fraction of sp³-hybridized carbons (Fsp3) is 0.824. The minimum absolute atomic E-state index is 0.143. The molecule has 1 saturated carbocycles. The summed E-state index contributed by atoms with van der Waals surface area (Å²) in [7, 11) is 1.27. The van der Waals surface area contributed by atoms with Crippen LogP contribution in [0.2, 0.25) is 0 Å². The van der Waals surface area contributed by atoms with E-state index in [-0.39, 0.29) is 18.4 Å². The van der Waals surface area contributed by atoms with Gasteiger partial charge in [-0.1, -0.05) is 53.9 Å². The lowest BCUT2D eigenvalue weighted by atomic mass is 9.80. The van der Waals surface area contributed by atoms with E-state index in [0.717, 1.165) is 19.3 Å². The quantitative estimate of drug-likeness (QED) is 0.759. The number of hydrogen-bond acceptors (Lipinski definition) is 4. The van der Waals surface area contributed by atoms with Gasteiger partial charge in [0, 0.05) is 6.42 Å². The van der Waals surface area contributed by atoms with Gasteiger partial charge in [-0.05, 0) is 12.8 Å². The third-order valence-electron chi connectivity index (χ3n) is 3.46. The Morgan fingerprint density at radius 2 is 1.52 bits per heavy atom. The molecule has 0 spiro atoms. The van der Waals surface area contributed by atoms with E-state index >= 15 is 0 Å². The molecular formula is C17H34N2O4. The molecule has 6 nitrogen and oxygen atoms in total. The number of hydrogen-bond donors (Lipinski definition) is 2. The maximum atomic E-state index is 12.3. The lowest BCUT2D eigenvalue weighted by Gasteiger charge is -2.36. The van der Waals surface area contributed by atoms with Crippen molar-refractivity contribution in [3.8, 4) is 0 Å².